The van der Waals surface area contributed by atoms with Crippen LogP contribution in [-0.4, -0.2) is 6.61 Å². The van der Waals surface area contributed by atoms with Gasteiger partial charge in [0.1, 0.15) is 0 Å². The monoisotopic (exact) mass is 316 g/mol. The van der Waals surface area contributed by atoms with Gasteiger partial charge in [0, 0.05) is 8.95 Å². The zero-order chi connectivity index (χ0) is 10.4. The van der Waals surface area contributed by atoms with Crippen molar-refractivity contribution in [3.05, 3.63) is 51.1 Å². The summed E-state index contributed by atoms with van der Waals surface area (Å²) in [5.41, 5.74) is 3.79. The molecule has 0 saturated heterocycles. The third-order valence-corrected chi connectivity index (χ3v) is 3.48. The lowest BCUT2D eigenvalue weighted by molar-refractivity contribution is 0.149. The fraction of sp³-hybridized carbons (Fsp3) is 0.182. The van der Waals surface area contributed by atoms with Crippen molar-refractivity contribution in [2.75, 3.05) is 6.61 Å². The summed E-state index contributed by atoms with van der Waals surface area (Å²) in [5, 5.41) is 0. The smallest absolute Gasteiger partial charge is 0.0725 e. The number of hydrogen-bond acceptors (Lipinski definition) is 1. The Morgan fingerprint density at radius 1 is 1.36 bits per heavy atom. The molecule has 0 aromatic heterocycles. The normalized spacial score (nSPS) is 9.57. The Morgan fingerprint density at radius 3 is 2.79 bits per heavy atom. The zero-order valence-electron chi connectivity index (χ0n) is 7.59. The Balaban J connectivity index is 2.51. The molecule has 0 heterocycles. The van der Waals surface area contributed by atoms with Crippen LogP contribution in [0.5, 0.6) is 0 Å². The van der Waals surface area contributed by atoms with E-state index in [2.05, 4.69) is 44.2 Å². The molecule has 0 aliphatic heterocycles. The van der Waals surface area contributed by atoms with Crippen LogP contribution in [0.3, 0.4) is 0 Å². The fourth-order valence-electron chi connectivity index (χ4n) is 0.924. The molecule has 0 unspecified atom stereocenters. The van der Waals surface area contributed by atoms with Gasteiger partial charge in [0.25, 0.3) is 0 Å². The number of hydrogen-bond donors (Lipinski definition) is 0. The predicted octanol–water partition coefficient (Wildman–Crippen LogP) is 4.07. The summed E-state index contributed by atoms with van der Waals surface area (Å²) in [6.45, 7) is 4.61. The van der Waals surface area contributed by atoms with E-state index >= 15 is 0 Å². The lowest BCUT2D eigenvalue weighted by Gasteiger charge is -2.03. The molecular formula is C11H10Br2O. The van der Waals surface area contributed by atoms with Crippen molar-refractivity contribution in [2.24, 2.45) is 0 Å². The number of rotatable bonds is 4. The molecule has 1 rings (SSSR count). The van der Waals surface area contributed by atoms with Gasteiger partial charge in [-0.2, -0.15) is 0 Å². The molecule has 14 heavy (non-hydrogen) atoms. The molecule has 0 atom stereocenters. The Bertz CT molecular complexity index is 354. The van der Waals surface area contributed by atoms with E-state index in [-0.39, 0.29) is 0 Å². The molecule has 1 nitrogen and oxygen atoms in total. The maximum atomic E-state index is 5.36. The summed E-state index contributed by atoms with van der Waals surface area (Å²) in [6.07, 6.45) is 1.76. The molecule has 0 amide bonds. The van der Waals surface area contributed by atoms with Crippen LogP contribution in [0, 0.1) is 0 Å². The molecule has 0 aliphatic rings. The summed E-state index contributed by atoms with van der Waals surface area (Å²) in [4.78, 5) is 0. The quantitative estimate of drug-likeness (QED) is 0.601. The standard InChI is InChI=1S/C11H10Br2O/c1-2-3-6-14-8-9-4-5-10(12)11(13)7-9/h3-5,7H,1,6,8H2. The highest BCUT2D eigenvalue weighted by Gasteiger charge is 1.98. The molecule has 0 fully saturated rings. The second kappa shape index (κ2) is 6.20. The molecule has 0 aliphatic carbocycles. The summed E-state index contributed by atoms with van der Waals surface area (Å²) in [6, 6.07) is 6.04. The molecule has 3 heteroatoms. The topological polar surface area (TPSA) is 9.23 Å². The second-order valence-electron chi connectivity index (χ2n) is 2.67. The predicted molar refractivity (Wildman–Crippen MR) is 65.2 cm³/mol. The minimum Gasteiger partial charge on any atom is -0.372 e. The Kier molecular flexibility index (Phi) is 5.20. The van der Waals surface area contributed by atoms with Crippen molar-refractivity contribution in [1.29, 1.82) is 0 Å². The van der Waals surface area contributed by atoms with Crippen molar-refractivity contribution in [3.63, 3.8) is 0 Å². The molecule has 0 bridgehead atoms. The summed E-state index contributed by atoms with van der Waals surface area (Å²) in [7, 11) is 0. The first-order chi connectivity index (χ1) is 6.74. The van der Waals surface area contributed by atoms with Crippen LogP contribution in [0.4, 0.5) is 0 Å². The molecule has 1 aromatic rings. The van der Waals surface area contributed by atoms with E-state index in [1.54, 1.807) is 6.08 Å². The van der Waals surface area contributed by atoms with Crippen LogP contribution in [0.2, 0.25) is 0 Å². The van der Waals surface area contributed by atoms with Crippen molar-refractivity contribution < 1.29 is 4.74 Å². The third-order valence-electron chi connectivity index (χ3n) is 1.60. The zero-order valence-corrected chi connectivity index (χ0v) is 10.8. The average molecular weight is 318 g/mol. The van der Waals surface area contributed by atoms with Crippen molar-refractivity contribution in [2.45, 2.75) is 6.61 Å². The van der Waals surface area contributed by atoms with Gasteiger partial charge in [-0.3, -0.25) is 0 Å². The first kappa shape index (κ1) is 11.7. The Labute approximate surface area is 101 Å². The van der Waals surface area contributed by atoms with Crippen molar-refractivity contribution >= 4 is 31.9 Å². The second-order valence-corrected chi connectivity index (χ2v) is 4.38. The van der Waals surface area contributed by atoms with Crippen LogP contribution in [0.1, 0.15) is 5.56 Å². The van der Waals surface area contributed by atoms with E-state index in [9.17, 15) is 0 Å². The molecule has 0 N–H and O–H groups in total. The van der Waals surface area contributed by atoms with E-state index in [4.69, 9.17) is 4.74 Å². The first-order valence-electron chi connectivity index (χ1n) is 4.10. The van der Waals surface area contributed by atoms with E-state index in [0.717, 1.165) is 14.5 Å². The summed E-state index contributed by atoms with van der Waals surface area (Å²) < 4.78 is 7.45. The van der Waals surface area contributed by atoms with Crippen LogP contribution < -0.4 is 0 Å². The highest BCUT2D eigenvalue weighted by atomic mass is 79.9. The van der Waals surface area contributed by atoms with Crippen LogP contribution in [0.25, 0.3) is 0 Å². The molecule has 1 aromatic carbocycles. The van der Waals surface area contributed by atoms with E-state index in [0.29, 0.717) is 13.2 Å². The lowest BCUT2D eigenvalue weighted by Crippen LogP contribution is -1.92. The van der Waals surface area contributed by atoms with Gasteiger partial charge in [-0.05, 0) is 55.6 Å². The van der Waals surface area contributed by atoms with Crippen LogP contribution in [-0.2, 0) is 11.3 Å². The molecule has 0 saturated carbocycles. The van der Waals surface area contributed by atoms with E-state index < -0.39 is 0 Å². The van der Waals surface area contributed by atoms with Gasteiger partial charge in [-0.15, -0.1) is 5.73 Å². The van der Waals surface area contributed by atoms with Gasteiger partial charge in [-0.1, -0.05) is 12.6 Å². The third kappa shape index (κ3) is 3.81. The van der Waals surface area contributed by atoms with Gasteiger partial charge >= 0.3 is 0 Å². The first-order valence-corrected chi connectivity index (χ1v) is 5.68. The van der Waals surface area contributed by atoms with E-state index in [1.807, 2.05) is 18.2 Å². The summed E-state index contributed by atoms with van der Waals surface area (Å²) >= 11 is 6.85. The molecule has 74 valence electrons. The van der Waals surface area contributed by atoms with Crippen molar-refractivity contribution in [3.8, 4) is 0 Å². The van der Waals surface area contributed by atoms with Gasteiger partial charge in [0.2, 0.25) is 0 Å². The van der Waals surface area contributed by atoms with Crippen molar-refractivity contribution in [1.82, 2.24) is 0 Å². The number of ether oxygens (including phenoxy) is 1. The lowest BCUT2D eigenvalue weighted by atomic mass is 10.2. The molecule has 0 radical (unpaired) electrons. The average Bonchev–Trinajstić information content (AvgIpc) is 2.18. The number of benzene rings is 1. The number of halogens is 2. The molecular weight excluding hydrogens is 308 g/mol. The fourth-order valence-corrected chi connectivity index (χ4v) is 1.60. The van der Waals surface area contributed by atoms with Crippen LogP contribution in [0.15, 0.2) is 45.5 Å². The van der Waals surface area contributed by atoms with Gasteiger partial charge in [0.05, 0.1) is 13.2 Å². The minimum absolute atomic E-state index is 0.553. The molecule has 0 spiro atoms. The largest absolute Gasteiger partial charge is 0.372 e. The minimum atomic E-state index is 0.553. The highest BCUT2D eigenvalue weighted by molar-refractivity contribution is 9.13. The van der Waals surface area contributed by atoms with Gasteiger partial charge < -0.3 is 4.74 Å². The summed E-state index contributed by atoms with van der Waals surface area (Å²) in [5.74, 6) is 0. The SMILES string of the molecule is C=C=CCOCc1ccc(Br)c(Br)c1. The van der Waals surface area contributed by atoms with Gasteiger partial charge in [0.15, 0.2) is 0 Å². The maximum Gasteiger partial charge on any atom is 0.0725 e. The van der Waals surface area contributed by atoms with E-state index in [1.165, 1.54) is 0 Å². The van der Waals surface area contributed by atoms with Crippen LogP contribution >= 0.6 is 31.9 Å². The maximum absolute atomic E-state index is 5.36. The Hall–Kier alpha value is -0.340. The van der Waals surface area contributed by atoms with Gasteiger partial charge in [-0.25, -0.2) is 0 Å². The Morgan fingerprint density at radius 2 is 2.14 bits per heavy atom. The highest BCUT2D eigenvalue weighted by Crippen LogP contribution is 2.23.